The minimum absolute atomic E-state index is 0.111. The van der Waals surface area contributed by atoms with Gasteiger partial charge in [0.25, 0.3) is 11.8 Å². The van der Waals surface area contributed by atoms with Crippen molar-refractivity contribution in [2.75, 3.05) is 10.6 Å². The number of benzene rings is 2. The van der Waals surface area contributed by atoms with Crippen LogP contribution in [0.15, 0.2) is 67.0 Å². The molecule has 0 aliphatic rings. The Kier molecular flexibility index (Phi) is 5.03. The van der Waals surface area contributed by atoms with Crippen LogP contribution in [0.3, 0.4) is 0 Å². The van der Waals surface area contributed by atoms with Gasteiger partial charge in [-0.1, -0.05) is 12.1 Å². The zero-order valence-corrected chi connectivity index (χ0v) is 14.0. The first-order chi connectivity index (χ1) is 12.5. The van der Waals surface area contributed by atoms with Gasteiger partial charge in [-0.15, -0.1) is 0 Å². The Bertz CT molecular complexity index is 958. The summed E-state index contributed by atoms with van der Waals surface area (Å²) in [7, 11) is 0. The Morgan fingerprint density at radius 1 is 0.923 bits per heavy atom. The maximum atomic E-state index is 13.8. The van der Waals surface area contributed by atoms with Crippen LogP contribution in [0.25, 0.3) is 0 Å². The third kappa shape index (κ3) is 4.10. The van der Waals surface area contributed by atoms with Crippen LogP contribution in [0.1, 0.15) is 26.3 Å². The van der Waals surface area contributed by atoms with E-state index in [2.05, 4.69) is 15.6 Å². The van der Waals surface area contributed by atoms with Gasteiger partial charge in [-0.3, -0.25) is 14.6 Å². The molecule has 0 aliphatic carbocycles. The summed E-state index contributed by atoms with van der Waals surface area (Å²) in [6.07, 6.45) is 3.03. The number of hydrogen-bond acceptors (Lipinski definition) is 3. The maximum absolute atomic E-state index is 13.8. The minimum atomic E-state index is -0.509. The van der Waals surface area contributed by atoms with Crippen molar-refractivity contribution in [3.63, 3.8) is 0 Å². The molecule has 0 aliphatic heterocycles. The van der Waals surface area contributed by atoms with Gasteiger partial charge in [-0.25, -0.2) is 4.39 Å². The molecule has 0 saturated heterocycles. The van der Waals surface area contributed by atoms with Crippen LogP contribution in [0, 0.1) is 12.7 Å². The van der Waals surface area contributed by atoms with E-state index in [1.165, 1.54) is 18.3 Å². The molecule has 130 valence electrons. The second-order valence-electron chi connectivity index (χ2n) is 5.71. The van der Waals surface area contributed by atoms with Crippen LogP contribution >= 0.6 is 0 Å². The summed E-state index contributed by atoms with van der Waals surface area (Å²) >= 11 is 0. The van der Waals surface area contributed by atoms with E-state index in [0.29, 0.717) is 16.8 Å². The number of aromatic nitrogens is 1. The van der Waals surface area contributed by atoms with E-state index in [1.54, 1.807) is 48.7 Å². The summed E-state index contributed by atoms with van der Waals surface area (Å²) in [6, 6.07) is 14.2. The number of carbonyl (C=O) groups is 2. The summed E-state index contributed by atoms with van der Waals surface area (Å²) in [4.78, 5) is 28.4. The lowest BCUT2D eigenvalue weighted by molar-refractivity contribution is 0.101. The molecule has 5 nitrogen and oxygen atoms in total. The lowest BCUT2D eigenvalue weighted by Crippen LogP contribution is -2.15. The SMILES string of the molecule is Cc1ccc(F)c(NC(=O)c2cccc(NC(=O)c3cccnc3)c2)c1. The minimum Gasteiger partial charge on any atom is -0.322 e. The van der Waals surface area contributed by atoms with Crippen molar-refractivity contribution >= 4 is 23.2 Å². The molecule has 0 fully saturated rings. The summed E-state index contributed by atoms with van der Waals surface area (Å²) in [5, 5.41) is 5.25. The van der Waals surface area contributed by atoms with Crippen LogP contribution in [0.4, 0.5) is 15.8 Å². The highest BCUT2D eigenvalue weighted by Gasteiger charge is 2.11. The number of amides is 2. The number of nitrogens with zero attached hydrogens (tertiary/aromatic N) is 1. The Labute approximate surface area is 149 Å². The van der Waals surface area contributed by atoms with Gasteiger partial charge in [0, 0.05) is 23.6 Å². The van der Waals surface area contributed by atoms with E-state index in [9.17, 15) is 14.0 Å². The molecule has 0 radical (unpaired) electrons. The first kappa shape index (κ1) is 17.3. The molecule has 0 bridgehead atoms. The van der Waals surface area contributed by atoms with Gasteiger partial charge in [-0.05, 0) is 55.0 Å². The predicted molar refractivity (Wildman–Crippen MR) is 97.7 cm³/mol. The number of aryl methyl sites for hydroxylation is 1. The molecule has 0 unspecified atom stereocenters. The Morgan fingerprint density at radius 3 is 2.46 bits per heavy atom. The zero-order chi connectivity index (χ0) is 18.5. The van der Waals surface area contributed by atoms with Crippen molar-refractivity contribution in [2.45, 2.75) is 6.92 Å². The molecule has 1 aromatic heterocycles. The van der Waals surface area contributed by atoms with Crippen molar-refractivity contribution in [3.8, 4) is 0 Å². The van der Waals surface area contributed by atoms with Crippen LogP contribution in [0.5, 0.6) is 0 Å². The number of rotatable bonds is 4. The van der Waals surface area contributed by atoms with E-state index < -0.39 is 11.7 Å². The Balaban J connectivity index is 1.75. The molecular formula is C20H16FN3O2. The van der Waals surface area contributed by atoms with Crippen molar-refractivity contribution in [1.82, 2.24) is 4.98 Å². The molecule has 0 atom stereocenters. The average molecular weight is 349 g/mol. The van der Waals surface area contributed by atoms with Gasteiger partial charge in [0.05, 0.1) is 11.3 Å². The molecule has 2 aromatic carbocycles. The molecule has 1 heterocycles. The van der Waals surface area contributed by atoms with Crippen molar-refractivity contribution in [1.29, 1.82) is 0 Å². The largest absolute Gasteiger partial charge is 0.322 e. The molecule has 6 heteroatoms. The van der Waals surface area contributed by atoms with Crippen LogP contribution < -0.4 is 10.6 Å². The normalized spacial score (nSPS) is 10.2. The quantitative estimate of drug-likeness (QED) is 0.747. The van der Waals surface area contributed by atoms with Crippen molar-refractivity contribution < 1.29 is 14.0 Å². The number of halogens is 1. The molecule has 0 spiro atoms. The highest BCUT2D eigenvalue weighted by molar-refractivity contribution is 6.07. The highest BCUT2D eigenvalue weighted by Crippen LogP contribution is 2.18. The van der Waals surface area contributed by atoms with Gasteiger partial charge >= 0.3 is 0 Å². The second kappa shape index (κ2) is 7.57. The molecule has 3 rings (SSSR count). The fraction of sp³-hybridized carbons (Fsp3) is 0.0500. The summed E-state index contributed by atoms with van der Waals surface area (Å²) in [5.41, 5.74) is 2.11. The molecule has 26 heavy (non-hydrogen) atoms. The molecule has 0 saturated carbocycles. The number of anilines is 2. The zero-order valence-electron chi connectivity index (χ0n) is 14.0. The summed E-state index contributed by atoms with van der Waals surface area (Å²) in [6.45, 7) is 1.81. The Morgan fingerprint density at radius 2 is 1.69 bits per heavy atom. The van der Waals surface area contributed by atoms with Crippen LogP contribution in [-0.4, -0.2) is 16.8 Å². The highest BCUT2D eigenvalue weighted by atomic mass is 19.1. The fourth-order valence-corrected chi connectivity index (χ4v) is 2.37. The van der Waals surface area contributed by atoms with Gasteiger partial charge in [0.2, 0.25) is 0 Å². The van der Waals surface area contributed by atoms with Gasteiger partial charge in [-0.2, -0.15) is 0 Å². The predicted octanol–water partition coefficient (Wildman–Crippen LogP) is 4.03. The lowest BCUT2D eigenvalue weighted by Gasteiger charge is -2.09. The van der Waals surface area contributed by atoms with Crippen molar-refractivity contribution in [2.24, 2.45) is 0 Å². The third-order valence-corrected chi connectivity index (χ3v) is 3.68. The van der Waals surface area contributed by atoms with Gasteiger partial charge < -0.3 is 10.6 Å². The van der Waals surface area contributed by atoms with Crippen LogP contribution in [-0.2, 0) is 0 Å². The topological polar surface area (TPSA) is 71.1 Å². The lowest BCUT2D eigenvalue weighted by atomic mass is 10.1. The first-order valence-corrected chi connectivity index (χ1v) is 7.92. The molecule has 2 amide bonds. The van der Waals surface area contributed by atoms with E-state index in [-0.39, 0.29) is 11.6 Å². The monoisotopic (exact) mass is 349 g/mol. The molecular weight excluding hydrogens is 333 g/mol. The number of carbonyl (C=O) groups excluding carboxylic acids is 2. The standard InChI is InChI=1S/C20H16FN3O2/c1-13-7-8-17(21)18(10-13)24-19(25)14-4-2-6-16(11-14)23-20(26)15-5-3-9-22-12-15/h2-12H,1H3,(H,23,26)(H,24,25). The average Bonchev–Trinajstić information content (AvgIpc) is 2.65. The van der Waals surface area contributed by atoms with Crippen molar-refractivity contribution in [3.05, 3.63) is 89.5 Å². The Hall–Kier alpha value is -3.54. The summed E-state index contributed by atoms with van der Waals surface area (Å²) < 4.78 is 13.8. The van der Waals surface area contributed by atoms with Gasteiger partial charge in [0.1, 0.15) is 5.82 Å². The molecule has 2 N–H and O–H groups in total. The van der Waals surface area contributed by atoms with E-state index >= 15 is 0 Å². The van der Waals surface area contributed by atoms with E-state index in [1.807, 2.05) is 6.92 Å². The maximum Gasteiger partial charge on any atom is 0.257 e. The smallest absolute Gasteiger partial charge is 0.257 e. The van der Waals surface area contributed by atoms with Gasteiger partial charge in [0.15, 0.2) is 0 Å². The number of pyridine rings is 1. The summed E-state index contributed by atoms with van der Waals surface area (Å²) in [5.74, 6) is -1.31. The fourth-order valence-electron chi connectivity index (χ4n) is 2.37. The second-order valence-corrected chi connectivity index (χ2v) is 5.71. The number of nitrogens with one attached hydrogen (secondary N) is 2. The van der Waals surface area contributed by atoms with E-state index in [4.69, 9.17) is 0 Å². The third-order valence-electron chi connectivity index (χ3n) is 3.68. The van der Waals surface area contributed by atoms with E-state index in [0.717, 1.165) is 5.56 Å². The molecule has 3 aromatic rings. The number of hydrogen-bond donors (Lipinski definition) is 2. The van der Waals surface area contributed by atoms with Crippen LogP contribution in [0.2, 0.25) is 0 Å². The first-order valence-electron chi connectivity index (χ1n) is 7.92.